The molecule has 12 N–H and O–H groups in total. The molecule has 0 spiro atoms. The highest BCUT2D eigenvalue weighted by atomic mass is 16.8. The molecule has 0 aromatic heterocycles. The van der Waals surface area contributed by atoms with Crippen LogP contribution in [0.3, 0.4) is 0 Å². The van der Waals surface area contributed by atoms with Gasteiger partial charge >= 0.3 is 0 Å². The molecule has 3 heterocycles. The first-order valence-corrected chi connectivity index (χ1v) is 42.7. The van der Waals surface area contributed by atoms with E-state index in [0.717, 1.165) is 44.9 Å². The van der Waals surface area contributed by atoms with Crippen molar-refractivity contribution in [2.75, 3.05) is 26.4 Å². The van der Waals surface area contributed by atoms with E-state index in [9.17, 15) is 61.0 Å². The van der Waals surface area contributed by atoms with Crippen LogP contribution in [-0.2, 0) is 33.2 Å². The SMILES string of the molecule is CCCCCCCCCC/C=C/CC/C=C/CC/C=C/C(O)C(COC1OC(CO)C(OC2OC(CO)C(OC3OC(CO)C(O)C(O)C3O)C(O)C2O)C(O)C1O)NC(=O)CCCCCCCCCCCCCCCCCCCCCCCCCCCCCCCCCCCCCCCCCC. The fourth-order valence-corrected chi connectivity index (χ4v) is 14.6. The minimum Gasteiger partial charge on any atom is -0.394 e. The van der Waals surface area contributed by atoms with Gasteiger partial charge in [-0.2, -0.15) is 0 Å². The molecule has 0 bridgehead atoms. The van der Waals surface area contributed by atoms with Gasteiger partial charge in [0.2, 0.25) is 5.91 Å². The molecule has 3 rings (SSSR count). The van der Waals surface area contributed by atoms with Crippen LogP contribution in [0.25, 0.3) is 0 Å². The highest BCUT2D eigenvalue weighted by molar-refractivity contribution is 5.76. The van der Waals surface area contributed by atoms with Gasteiger partial charge in [0.05, 0.1) is 38.6 Å². The van der Waals surface area contributed by atoms with E-state index in [1.807, 2.05) is 6.08 Å². The lowest BCUT2D eigenvalue weighted by molar-refractivity contribution is -0.379. The second kappa shape index (κ2) is 64.8. The average molecular weight is 1470 g/mol. The monoisotopic (exact) mass is 1470 g/mol. The number of carbonyl (C=O) groups is 1. The van der Waals surface area contributed by atoms with Gasteiger partial charge in [-0.1, -0.05) is 346 Å². The Morgan fingerprint density at radius 2 is 0.621 bits per heavy atom. The van der Waals surface area contributed by atoms with E-state index in [1.165, 1.54) is 283 Å². The summed E-state index contributed by atoms with van der Waals surface area (Å²) in [4.78, 5) is 13.5. The maximum Gasteiger partial charge on any atom is 0.220 e. The predicted molar refractivity (Wildman–Crippen MR) is 411 cm³/mol. The van der Waals surface area contributed by atoms with E-state index in [2.05, 4.69) is 43.5 Å². The van der Waals surface area contributed by atoms with Crippen molar-refractivity contribution in [1.82, 2.24) is 5.32 Å². The second-order valence-corrected chi connectivity index (χ2v) is 30.6. The standard InChI is InChI=1S/C84H157NO18/c1-3-5-7-9-11-13-15-17-19-21-23-24-25-26-27-28-29-30-31-32-33-34-35-36-37-38-39-40-41-42-43-44-46-48-50-52-54-56-58-60-62-72(90)85-67(68(89)61-59-57-55-53-51-49-47-45-22-20-18-16-14-12-10-8-6-4-2)66-98-82-78(96)75(93)80(70(64-87)100-82)103-84-79(97)76(94)81(71(65-88)101-84)102-83-77(95)74(92)73(91)69(63-86)99-83/h22,45,51,53,59,61,67-71,73-84,86-89,91-97H,3-21,23-44,46-50,52,54-58,60,62-66H2,1-2H3,(H,85,90)/b45-22+,53-51+,61-59+. The summed E-state index contributed by atoms with van der Waals surface area (Å²) in [6, 6.07) is -0.996. The first-order valence-electron chi connectivity index (χ1n) is 42.7. The number of allylic oxidation sites excluding steroid dienone is 5. The van der Waals surface area contributed by atoms with Crippen LogP contribution in [0, 0.1) is 0 Å². The van der Waals surface area contributed by atoms with Gasteiger partial charge in [0.1, 0.15) is 73.2 Å². The van der Waals surface area contributed by atoms with Gasteiger partial charge in [0.25, 0.3) is 0 Å². The number of hydrogen-bond donors (Lipinski definition) is 12. The first kappa shape index (κ1) is 95.2. The molecule has 17 atom stereocenters. The Morgan fingerprint density at radius 3 is 0.971 bits per heavy atom. The lowest BCUT2D eigenvalue weighted by Crippen LogP contribution is -2.66. The number of hydrogen-bond acceptors (Lipinski definition) is 18. The van der Waals surface area contributed by atoms with E-state index >= 15 is 0 Å². The molecule has 1 amide bonds. The van der Waals surface area contributed by atoms with Crippen LogP contribution < -0.4 is 5.32 Å². The van der Waals surface area contributed by atoms with Gasteiger partial charge in [-0.3, -0.25) is 4.79 Å². The van der Waals surface area contributed by atoms with E-state index in [-0.39, 0.29) is 18.9 Å². The molecule has 19 nitrogen and oxygen atoms in total. The Kier molecular flexibility index (Phi) is 59.9. The largest absolute Gasteiger partial charge is 0.394 e. The van der Waals surface area contributed by atoms with E-state index in [0.29, 0.717) is 12.8 Å². The molecular weight excluding hydrogens is 1310 g/mol. The Hall–Kier alpha value is -1.99. The number of rotatable bonds is 69. The Bertz CT molecular complexity index is 2000. The molecule has 3 aliphatic rings. The smallest absolute Gasteiger partial charge is 0.220 e. The lowest BCUT2D eigenvalue weighted by atomic mass is 9.96. The van der Waals surface area contributed by atoms with Crippen LogP contribution >= 0.6 is 0 Å². The third-order valence-corrected chi connectivity index (χ3v) is 21.4. The molecule has 0 radical (unpaired) electrons. The molecule has 3 saturated heterocycles. The van der Waals surface area contributed by atoms with Crippen molar-refractivity contribution >= 4 is 5.91 Å². The van der Waals surface area contributed by atoms with Crippen LogP contribution in [0.1, 0.15) is 361 Å². The number of carbonyl (C=O) groups excluding carboxylic acids is 1. The number of aliphatic hydroxyl groups excluding tert-OH is 11. The maximum atomic E-state index is 13.5. The molecule has 0 aromatic carbocycles. The minimum atomic E-state index is -1.98. The third kappa shape index (κ3) is 44.5. The Morgan fingerprint density at radius 1 is 0.340 bits per heavy atom. The summed E-state index contributed by atoms with van der Waals surface area (Å²) in [5.74, 6) is -0.283. The van der Waals surface area contributed by atoms with Crippen molar-refractivity contribution in [2.24, 2.45) is 0 Å². The van der Waals surface area contributed by atoms with E-state index in [4.69, 9.17) is 28.4 Å². The molecule has 19 heteroatoms. The number of nitrogens with one attached hydrogen (secondary N) is 1. The Labute approximate surface area is 625 Å². The molecule has 0 aromatic rings. The van der Waals surface area contributed by atoms with Gasteiger partial charge in [0, 0.05) is 6.42 Å². The third-order valence-electron chi connectivity index (χ3n) is 21.4. The molecule has 103 heavy (non-hydrogen) atoms. The van der Waals surface area contributed by atoms with Crippen molar-refractivity contribution in [3.8, 4) is 0 Å². The van der Waals surface area contributed by atoms with Crippen molar-refractivity contribution < 1.29 is 89.4 Å². The number of amides is 1. The molecular formula is C84H157NO18. The summed E-state index contributed by atoms with van der Waals surface area (Å²) >= 11 is 0. The van der Waals surface area contributed by atoms with Gasteiger partial charge in [0.15, 0.2) is 18.9 Å². The quantitative estimate of drug-likeness (QED) is 0.0199. The van der Waals surface area contributed by atoms with Crippen LogP contribution in [0.15, 0.2) is 36.5 Å². The zero-order valence-corrected chi connectivity index (χ0v) is 65.1. The van der Waals surface area contributed by atoms with Gasteiger partial charge in [-0.05, 0) is 44.9 Å². The number of ether oxygens (including phenoxy) is 6. The summed E-state index contributed by atoms with van der Waals surface area (Å²) in [6.07, 6.45) is 54.7. The van der Waals surface area contributed by atoms with Gasteiger partial charge in [-0.25, -0.2) is 0 Å². The topological polar surface area (TPSA) is 307 Å². The summed E-state index contributed by atoms with van der Waals surface area (Å²) in [5, 5.41) is 121. The van der Waals surface area contributed by atoms with Crippen molar-refractivity contribution in [3.05, 3.63) is 36.5 Å². The molecule has 0 saturated carbocycles. The molecule has 606 valence electrons. The summed E-state index contributed by atoms with van der Waals surface area (Å²) in [5.41, 5.74) is 0. The zero-order chi connectivity index (χ0) is 74.6. The molecule has 3 aliphatic heterocycles. The van der Waals surface area contributed by atoms with E-state index in [1.54, 1.807) is 6.08 Å². The van der Waals surface area contributed by atoms with Crippen molar-refractivity contribution in [3.63, 3.8) is 0 Å². The number of aliphatic hydroxyl groups is 11. The maximum absolute atomic E-state index is 13.5. The number of unbranched alkanes of at least 4 members (excludes halogenated alkanes) is 49. The van der Waals surface area contributed by atoms with Crippen molar-refractivity contribution in [1.29, 1.82) is 0 Å². The van der Waals surface area contributed by atoms with Crippen LogP contribution in [0.4, 0.5) is 0 Å². The summed E-state index contributed by atoms with van der Waals surface area (Å²) in [7, 11) is 0. The van der Waals surface area contributed by atoms with Crippen LogP contribution in [-0.4, -0.2) is 193 Å². The minimum absolute atomic E-state index is 0.236. The predicted octanol–water partition coefficient (Wildman–Crippen LogP) is 15.1. The van der Waals surface area contributed by atoms with Crippen molar-refractivity contribution in [2.45, 2.75) is 465 Å². The second-order valence-electron chi connectivity index (χ2n) is 30.6. The van der Waals surface area contributed by atoms with E-state index < -0.39 is 124 Å². The molecule has 3 fully saturated rings. The molecule has 0 aliphatic carbocycles. The lowest BCUT2D eigenvalue weighted by Gasteiger charge is -2.48. The highest BCUT2D eigenvalue weighted by Gasteiger charge is 2.54. The first-order chi connectivity index (χ1) is 50.3. The fourth-order valence-electron chi connectivity index (χ4n) is 14.6. The van der Waals surface area contributed by atoms with Gasteiger partial charge < -0.3 is 89.9 Å². The molecule has 17 unspecified atom stereocenters. The average Bonchev–Trinajstić information content (AvgIpc) is 0.781. The van der Waals surface area contributed by atoms with Crippen LogP contribution in [0.5, 0.6) is 0 Å². The van der Waals surface area contributed by atoms with Gasteiger partial charge in [-0.15, -0.1) is 0 Å². The van der Waals surface area contributed by atoms with Crippen LogP contribution in [0.2, 0.25) is 0 Å². The summed E-state index contributed by atoms with van der Waals surface area (Å²) < 4.78 is 34.4. The highest BCUT2D eigenvalue weighted by Crippen LogP contribution is 2.33. The fraction of sp³-hybridized carbons (Fsp3) is 0.917. The normalized spacial score (nSPS) is 26.2. The zero-order valence-electron chi connectivity index (χ0n) is 65.1. The Balaban J connectivity index is 1.29. The summed E-state index contributed by atoms with van der Waals surface area (Å²) in [6.45, 7) is 1.75.